The van der Waals surface area contributed by atoms with E-state index in [1.54, 1.807) is 0 Å². The van der Waals surface area contributed by atoms with Gasteiger partial charge in [-0.2, -0.15) is 0 Å². The van der Waals surface area contributed by atoms with E-state index < -0.39 is 9.52 Å². The summed E-state index contributed by atoms with van der Waals surface area (Å²) in [7, 11) is -0.790. The zero-order chi connectivity index (χ0) is 29.9. The molecule has 214 valence electrons. The summed E-state index contributed by atoms with van der Waals surface area (Å²) in [5.74, 6) is 0.678. The summed E-state index contributed by atoms with van der Waals surface area (Å²) >= 11 is 0. The zero-order valence-corrected chi connectivity index (χ0v) is 27.0. The predicted molar refractivity (Wildman–Crippen MR) is 188 cm³/mol. The first-order valence-electron chi connectivity index (χ1n) is 15.3. The molecule has 0 aliphatic carbocycles. The Balaban J connectivity index is 0.000000220. The van der Waals surface area contributed by atoms with Gasteiger partial charge < -0.3 is 4.57 Å². The minimum absolute atomic E-state index is 0.210. The van der Waals surface area contributed by atoms with Crippen molar-refractivity contribution >= 4 is 32.3 Å². The molecule has 0 spiro atoms. The highest BCUT2D eigenvalue weighted by Crippen LogP contribution is 2.33. The SMILES string of the molecule is CB(c1ccccc1)c1ccccc1.CC(C)Cc1ccc([SiH2]C(c2ccccc2)(c2ccccc2)n2ccnc2)cc1. The van der Waals surface area contributed by atoms with Crippen LogP contribution in [0.4, 0.5) is 0 Å². The average molecular weight is 577 g/mol. The second-order valence-electron chi connectivity index (χ2n) is 11.7. The molecular formula is C39H41BN2Si. The highest BCUT2D eigenvalue weighted by molar-refractivity contribution is 6.84. The Morgan fingerprint density at radius 1 is 0.651 bits per heavy atom. The van der Waals surface area contributed by atoms with Crippen molar-refractivity contribution in [2.24, 2.45) is 5.92 Å². The predicted octanol–water partition coefficient (Wildman–Crippen LogP) is 6.25. The van der Waals surface area contributed by atoms with Gasteiger partial charge in [-0.1, -0.05) is 182 Å². The minimum Gasteiger partial charge on any atom is -0.326 e. The zero-order valence-electron chi connectivity index (χ0n) is 25.6. The van der Waals surface area contributed by atoms with Crippen LogP contribution in [0, 0.1) is 5.92 Å². The Labute approximate surface area is 260 Å². The molecule has 0 fully saturated rings. The van der Waals surface area contributed by atoms with Crippen LogP contribution in [0.5, 0.6) is 0 Å². The van der Waals surface area contributed by atoms with Gasteiger partial charge in [-0.15, -0.1) is 0 Å². The first kappa shape index (κ1) is 30.1. The lowest BCUT2D eigenvalue weighted by Crippen LogP contribution is -2.46. The monoisotopic (exact) mass is 576 g/mol. The molecule has 0 aliphatic heterocycles. The molecule has 0 saturated carbocycles. The molecule has 5 aromatic carbocycles. The van der Waals surface area contributed by atoms with Gasteiger partial charge >= 0.3 is 0 Å². The van der Waals surface area contributed by atoms with Crippen molar-refractivity contribution in [1.82, 2.24) is 9.55 Å². The maximum absolute atomic E-state index is 4.41. The van der Waals surface area contributed by atoms with E-state index in [1.165, 1.54) is 32.8 Å². The summed E-state index contributed by atoms with van der Waals surface area (Å²) < 4.78 is 2.31. The standard InChI is InChI=1S/C26H28N2Si.C13H13B/c1-21(2)19-22-13-15-25(16-14-22)29-26(28-18-17-27-20-28,23-9-5-3-6-10-23)24-11-7-4-8-12-24;1-14(12-8-4-2-5-9-12)13-10-6-3-7-11-13/h3-18,20-21H,19,29H2,1-2H3;2-11H,1H3. The summed E-state index contributed by atoms with van der Waals surface area (Å²) in [6.07, 6.45) is 7.10. The maximum atomic E-state index is 4.41. The normalized spacial score (nSPS) is 11.3. The third-order valence-corrected chi connectivity index (χ3v) is 10.7. The number of imidazole rings is 1. The van der Waals surface area contributed by atoms with Crippen molar-refractivity contribution in [2.45, 2.75) is 32.3 Å². The van der Waals surface area contributed by atoms with Crippen LogP contribution in [0.1, 0.15) is 30.5 Å². The van der Waals surface area contributed by atoms with Crippen LogP contribution in [-0.2, 0) is 11.6 Å². The molecule has 2 nitrogen and oxygen atoms in total. The number of hydrogen-bond donors (Lipinski definition) is 0. The second-order valence-corrected chi connectivity index (χ2v) is 13.9. The van der Waals surface area contributed by atoms with E-state index in [-0.39, 0.29) is 5.16 Å². The molecule has 0 bridgehead atoms. The largest absolute Gasteiger partial charge is 0.326 e. The van der Waals surface area contributed by atoms with Crippen molar-refractivity contribution in [3.8, 4) is 0 Å². The molecule has 0 amide bonds. The van der Waals surface area contributed by atoms with Gasteiger partial charge in [-0.3, -0.25) is 0 Å². The van der Waals surface area contributed by atoms with Crippen LogP contribution in [0.15, 0.2) is 164 Å². The van der Waals surface area contributed by atoms with E-state index >= 15 is 0 Å². The van der Waals surface area contributed by atoms with E-state index in [4.69, 9.17) is 0 Å². The number of hydrogen-bond acceptors (Lipinski definition) is 1. The maximum Gasteiger partial charge on any atom is 0.206 e. The molecule has 0 aliphatic rings. The number of aromatic nitrogens is 2. The van der Waals surface area contributed by atoms with Crippen LogP contribution < -0.4 is 16.1 Å². The molecule has 6 rings (SSSR count). The van der Waals surface area contributed by atoms with Gasteiger partial charge in [0, 0.05) is 12.4 Å². The molecule has 0 N–H and O–H groups in total. The van der Waals surface area contributed by atoms with E-state index in [9.17, 15) is 0 Å². The van der Waals surface area contributed by atoms with Crippen LogP contribution in [-0.4, -0.2) is 25.8 Å². The van der Waals surface area contributed by atoms with Gasteiger partial charge in [-0.25, -0.2) is 4.98 Å². The van der Waals surface area contributed by atoms with Crippen LogP contribution in [0.25, 0.3) is 0 Å². The highest BCUT2D eigenvalue weighted by atomic mass is 28.2. The van der Waals surface area contributed by atoms with Crippen LogP contribution in [0.3, 0.4) is 0 Å². The summed E-state index contributed by atoms with van der Waals surface area (Å²) in [6.45, 7) is 7.28. The van der Waals surface area contributed by atoms with Crippen molar-refractivity contribution in [3.63, 3.8) is 0 Å². The molecular weight excluding hydrogens is 535 g/mol. The van der Waals surface area contributed by atoms with E-state index in [1.807, 2.05) is 12.5 Å². The lowest BCUT2D eigenvalue weighted by atomic mass is 9.43. The second kappa shape index (κ2) is 14.7. The molecule has 6 aromatic rings. The van der Waals surface area contributed by atoms with Gasteiger partial charge in [-0.05, 0) is 29.0 Å². The Hall–Kier alpha value is -4.41. The van der Waals surface area contributed by atoms with Crippen molar-refractivity contribution in [3.05, 3.63) is 181 Å². The van der Waals surface area contributed by atoms with Gasteiger partial charge in [0.25, 0.3) is 0 Å². The summed E-state index contributed by atoms with van der Waals surface area (Å²) in [6, 6.07) is 52.3. The summed E-state index contributed by atoms with van der Waals surface area (Å²) in [5, 5.41) is 1.25. The van der Waals surface area contributed by atoms with Gasteiger partial charge in [0.1, 0.15) is 0 Å². The molecule has 4 heteroatoms. The highest BCUT2D eigenvalue weighted by Gasteiger charge is 2.36. The lowest BCUT2D eigenvalue weighted by Gasteiger charge is -2.37. The third-order valence-electron chi connectivity index (χ3n) is 8.17. The fourth-order valence-corrected chi connectivity index (χ4v) is 8.22. The third kappa shape index (κ3) is 7.52. The van der Waals surface area contributed by atoms with E-state index in [2.05, 4.69) is 182 Å². The van der Waals surface area contributed by atoms with Crippen molar-refractivity contribution < 1.29 is 0 Å². The number of rotatable bonds is 9. The average Bonchev–Trinajstić information content (AvgIpc) is 3.61. The Kier molecular flexibility index (Phi) is 10.3. The number of benzene rings is 5. The molecule has 0 radical (unpaired) electrons. The smallest absolute Gasteiger partial charge is 0.206 e. The van der Waals surface area contributed by atoms with Gasteiger partial charge in [0.2, 0.25) is 6.71 Å². The first-order valence-corrected chi connectivity index (χ1v) is 16.7. The van der Waals surface area contributed by atoms with Gasteiger partial charge in [0.05, 0.1) is 21.0 Å². The first-order chi connectivity index (χ1) is 21.1. The van der Waals surface area contributed by atoms with Crippen LogP contribution >= 0.6 is 0 Å². The Bertz CT molecular complexity index is 1540. The molecule has 0 saturated heterocycles. The topological polar surface area (TPSA) is 17.8 Å². The Morgan fingerprint density at radius 2 is 1.12 bits per heavy atom. The molecule has 0 unspecified atom stereocenters. The van der Waals surface area contributed by atoms with Crippen molar-refractivity contribution in [1.29, 1.82) is 0 Å². The molecule has 0 atom stereocenters. The minimum atomic E-state index is -0.790. The fraction of sp³-hybridized carbons (Fsp3) is 0.154. The molecule has 1 heterocycles. The summed E-state index contributed by atoms with van der Waals surface area (Å²) in [5.41, 5.74) is 6.81. The summed E-state index contributed by atoms with van der Waals surface area (Å²) in [4.78, 5) is 4.41. The molecule has 1 aromatic heterocycles. The van der Waals surface area contributed by atoms with Crippen LogP contribution in [0.2, 0.25) is 6.82 Å². The quantitative estimate of drug-likeness (QED) is 0.186. The lowest BCUT2D eigenvalue weighted by molar-refractivity contribution is 0.596. The fourth-order valence-electron chi connectivity index (χ4n) is 5.91. The molecule has 43 heavy (non-hydrogen) atoms. The van der Waals surface area contributed by atoms with E-state index in [0.717, 1.165) is 6.42 Å². The number of nitrogens with zero attached hydrogens (tertiary/aromatic N) is 2. The Morgan fingerprint density at radius 3 is 1.53 bits per heavy atom. The van der Waals surface area contributed by atoms with Crippen molar-refractivity contribution in [2.75, 3.05) is 0 Å². The van der Waals surface area contributed by atoms with Gasteiger partial charge in [0.15, 0.2) is 0 Å². The van der Waals surface area contributed by atoms with E-state index in [0.29, 0.717) is 12.6 Å².